The second kappa shape index (κ2) is 8.29. The van der Waals surface area contributed by atoms with Crippen LogP contribution in [0.5, 0.6) is 0 Å². The van der Waals surface area contributed by atoms with Gasteiger partial charge in [-0.25, -0.2) is 9.67 Å². The molecule has 0 saturated heterocycles. The summed E-state index contributed by atoms with van der Waals surface area (Å²) in [6.45, 7) is 1.64. The summed E-state index contributed by atoms with van der Waals surface area (Å²) in [5.74, 6) is 2.19. The van der Waals surface area contributed by atoms with Crippen molar-refractivity contribution in [2.24, 2.45) is 0 Å². The molecule has 3 aromatic heterocycles. The number of anilines is 1. The van der Waals surface area contributed by atoms with E-state index >= 15 is 0 Å². The Balaban J connectivity index is 1.34. The zero-order valence-electron chi connectivity index (χ0n) is 14.7. The highest BCUT2D eigenvalue weighted by molar-refractivity contribution is 5.37. The predicted molar refractivity (Wildman–Crippen MR) is 100 cm³/mol. The van der Waals surface area contributed by atoms with Crippen LogP contribution in [0.4, 0.5) is 5.82 Å². The van der Waals surface area contributed by atoms with E-state index in [2.05, 4.69) is 32.5 Å². The number of hydrogen-bond acceptors (Lipinski definition) is 6. The van der Waals surface area contributed by atoms with E-state index in [1.807, 2.05) is 36.5 Å². The highest BCUT2D eigenvalue weighted by Gasteiger charge is 2.03. The molecule has 0 radical (unpaired) electrons. The van der Waals surface area contributed by atoms with Gasteiger partial charge >= 0.3 is 0 Å². The van der Waals surface area contributed by atoms with Gasteiger partial charge < -0.3 is 14.5 Å². The van der Waals surface area contributed by atoms with Crippen molar-refractivity contribution in [1.82, 2.24) is 19.7 Å². The molecule has 0 aliphatic heterocycles. The molecule has 0 saturated carbocycles. The van der Waals surface area contributed by atoms with Crippen LogP contribution in [0.1, 0.15) is 16.9 Å². The minimum Gasteiger partial charge on any atom is -0.467 e. The predicted octanol–water partition coefficient (Wildman–Crippen LogP) is 3.58. The normalized spacial score (nSPS) is 10.8. The van der Waals surface area contributed by atoms with Crippen molar-refractivity contribution in [3.63, 3.8) is 0 Å². The maximum atomic E-state index is 5.69. The van der Waals surface area contributed by atoms with Gasteiger partial charge in [0, 0.05) is 18.9 Å². The van der Waals surface area contributed by atoms with Crippen LogP contribution in [0.15, 0.2) is 77.9 Å². The van der Waals surface area contributed by atoms with E-state index in [0.717, 1.165) is 16.9 Å². The summed E-state index contributed by atoms with van der Waals surface area (Å²) in [6, 6.07) is 13.8. The molecular weight excluding hydrogens is 342 g/mol. The number of nitrogens with zero attached hydrogens (tertiary/aromatic N) is 4. The molecule has 0 atom stereocenters. The molecule has 0 aliphatic rings. The molecule has 1 aromatic carbocycles. The summed E-state index contributed by atoms with van der Waals surface area (Å²) in [5, 5.41) is 7.47. The lowest BCUT2D eigenvalue weighted by Crippen LogP contribution is -2.06. The minimum atomic E-state index is 0.464. The first-order valence-electron chi connectivity index (χ1n) is 8.61. The Morgan fingerprint density at radius 2 is 2.00 bits per heavy atom. The quantitative estimate of drug-likeness (QED) is 0.517. The number of benzene rings is 1. The van der Waals surface area contributed by atoms with Crippen LogP contribution in [-0.2, 0) is 24.5 Å². The summed E-state index contributed by atoms with van der Waals surface area (Å²) < 4.78 is 12.6. The average Bonchev–Trinajstić information content (AvgIpc) is 3.41. The zero-order valence-corrected chi connectivity index (χ0v) is 14.7. The fourth-order valence-corrected chi connectivity index (χ4v) is 2.64. The Hall–Kier alpha value is -3.45. The van der Waals surface area contributed by atoms with E-state index in [1.54, 1.807) is 29.5 Å². The Morgan fingerprint density at radius 1 is 1.04 bits per heavy atom. The third-order valence-corrected chi connectivity index (χ3v) is 3.92. The van der Waals surface area contributed by atoms with Crippen LogP contribution in [0.3, 0.4) is 0 Å². The van der Waals surface area contributed by atoms with Crippen LogP contribution in [0.25, 0.3) is 5.82 Å². The first kappa shape index (κ1) is 17.0. The standard InChI is InChI=1S/C20H19N5O2/c1-4-16(10-17(5-1)14-26-15-18-6-2-9-27-18)11-22-19-12-21-13-20(24-19)25-8-3-7-23-25/h1-10,12-13H,11,14-15H2,(H,22,24). The number of nitrogens with one attached hydrogen (secondary N) is 1. The van der Waals surface area contributed by atoms with Crippen molar-refractivity contribution < 1.29 is 9.15 Å². The maximum absolute atomic E-state index is 5.69. The third kappa shape index (κ3) is 4.59. The highest BCUT2D eigenvalue weighted by Crippen LogP contribution is 2.12. The van der Waals surface area contributed by atoms with Gasteiger partial charge in [-0.05, 0) is 29.3 Å². The van der Waals surface area contributed by atoms with Gasteiger partial charge in [0.05, 0.1) is 25.3 Å². The van der Waals surface area contributed by atoms with Crippen molar-refractivity contribution in [2.75, 3.05) is 5.32 Å². The molecule has 0 spiro atoms. The summed E-state index contributed by atoms with van der Waals surface area (Å²) in [6.07, 6.45) is 8.56. The Kier molecular flexibility index (Phi) is 5.21. The van der Waals surface area contributed by atoms with Crippen molar-refractivity contribution in [3.05, 3.63) is 90.4 Å². The van der Waals surface area contributed by atoms with E-state index in [0.29, 0.717) is 31.4 Å². The van der Waals surface area contributed by atoms with E-state index in [9.17, 15) is 0 Å². The first-order valence-corrected chi connectivity index (χ1v) is 8.61. The van der Waals surface area contributed by atoms with Gasteiger partial charge in [-0.1, -0.05) is 24.3 Å². The Morgan fingerprint density at radius 3 is 2.85 bits per heavy atom. The molecule has 4 aromatic rings. The van der Waals surface area contributed by atoms with Crippen molar-refractivity contribution in [2.45, 2.75) is 19.8 Å². The molecule has 7 nitrogen and oxygen atoms in total. The number of rotatable bonds is 8. The number of hydrogen-bond donors (Lipinski definition) is 1. The largest absolute Gasteiger partial charge is 0.467 e. The van der Waals surface area contributed by atoms with Gasteiger partial charge in [-0.2, -0.15) is 5.10 Å². The summed E-state index contributed by atoms with van der Waals surface area (Å²) in [5.41, 5.74) is 2.25. The molecule has 0 unspecified atom stereocenters. The first-order chi connectivity index (χ1) is 13.4. The maximum Gasteiger partial charge on any atom is 0.173 e. The summed E-state index contributed by atoms with van der Waals surface area (Å²) in [4.78, 5) is 8.74. The average molecular weight is 361 g/mol. The van der Waals surface area contributed by atoms with E-state index in [4.69, 9.17) is 9.15 Å². The molecule has 27 heavy (non-hydrogen) atoms. The Bertz CT molecular complexity index is 968. The van der Waals surface area contributed by atoms with Crippen molar-refractivity contribution in [3.8, 4) is 5.82 Å². The third-order valence-electron chi connectivity index (χ3n) is 3.92. The van der Waals surface area contributed by atoms with Gasteiger partial charge in [0.15, 0.2) is 5.82 Å². The number of ether oxygens (including phenoxy) is 1. The topological polar surface area (TPSA) is 78.0 Å². The molecule has 4 rings (SSSR count). The van der Waals surface area contributed by atoms with Crippen molar-refractivity contribution >= 4 is 5.82 Å². The molecule has 3 heterocycles. The van der Waals surface area contributed by atoms with Crippen LogP contribution in [0.2, 0.25) is 0 Å². The smallest absolute Gasteiger partial charge is 0.173 e. The lowest BCUT2D eigenvalue weighted by molar-refractivity contribution is 0.0929. The number of furan rings is 1. The van der Waals surface area contributed by atoms with Crippen LogP contribution < -0.4 is 5.32 Å². The van der Waals surface area contributed by atoms with E-state index in [-0.39, 0.29) is 0 Å². The zero-order chi connectivity index (χ0) is 18.3. The fraction of sp³-hybridized carbons (Fsp3) is 0.150. The van der Waals surface area contributed by atoms with Gasteiger partial charge in [-0.3, -0.25) is 4.98 Å². The molecule has 0 bridgehead atoms. The summed E-state index contributed by atoms with van der Waals surface area (Å²) in [7, 11) is 0. The minimum absolute atomic E-state index is 0.464. The Labute approximate surface area is 156 Å². The monoisotopic (exact) mass is 361 g/mol. The lowest BCUT2D eigenvalue weighted by Gasteiger charge is -2.09. The van der Waals surface area contributed by atoms with Crippen molar-refractivity contribution in [1.29, 1.82) is 0 Å². The van der Waals surface area contributed by atoms with Crippen LogP contribution in [-0.4, -0.2) is 19.7 Å². The molecule has 0 fully saturated rings. The SMILES string of the molecule is c1cc(CNc2cncc(-n3cccn3)n2)cc(COCc2ccco2)c1. The second-order valence-corrected chi connectivity index (χ2v) is 5.96. The molecule has 1 N–H and O–H groups in total. The molecule has 0 amide bonds. The fourth-order valence-electron chi connectivity index (χ4n) is 2.64. The molecule has 0 aliphatic carbocycles. The van der Waals surface area contributed by atoms with Gasteiger partial charge in [-0.15, -0.1) is 0 Å². The number of aromatic nitrogens is 4. The second-order valence-electron chi connectivity index (χ2n) is 5.96. The molecule has 136 valence electrons. The molecular formula is C20H19N5O2. The summed E-state index contributed by atoms with van der Waals surface area (Å²) >= 11 is 0. The van der Waals surface area contributed by atoms with Gasteiger partial charge in [0.2, 0.25) is 0 Å². The van der Waals surface area contributed by atoms with Gasteiger partial charge in [0.25, 0.3) is 0 Å². The molecule has 7 heteroatoms. The van der Waals surface area contributed by atoms with Crippen LogP contribution >= 0.6 is 0 Å². The van der Waals surface area contributed by atoms with E-state index in [1.165, 1.54) is 0 Å². The highest BCUT2D eigenvalue weighted by atomic mass is 16.5. The van der Waals surface area contributed by atoms with E-state index < -0.39 is 0 Å². The lowest BCUT2D eigenvalue weighted by atomic mass is 10.1. The van der Waals surface area contributed by atoms with Gasteiger partial charge in [0.1, 0.15) is 18.2 Å². The van der Waals surface area contributed by atoms with Crippen LogP contribution in [0, 0.1) is 0 Å².